The summed E-state index contributed by atoms with van der Waals surface area (Å²) in [5.41, 5.74) is 1.39. The fraction of sp³-hybridized carbons (Fsp3) is 0.733. The Morgan fingerprint density at radius 3 is 2.71 bits per heavy atom. The van der Waals surface area contributed by atoms with Gasteiger partial charge in [-0.15, -0.1) is 0 Å². The molecule has 0 amide bonds. The second-order valence-corrected chi connectivity index (χ2v) is 5.07. The minimum atomic E-state index is 0.451. The summed E-state index contributed by atoms with van der Waals surface area (Å²) in [6.45, 7) is 7.96. The van der Waals surface area contributed by atoms with Gasteiger partial charge in [0, 0.05) is 25.0 Å². The molecule has 1 aromatic rings. The van der Waals surface area contributed by atoms with Crippen LogP contribution < -0.4 is 5.32 Å². The molecule has 0 aliphatic carbocycles. The zero-order valence-corrected chi connectivity index (χ0v) is 11.9. The second-order valence-electron chi connectivity index (χ2n) is 5.07. The number of nitrogens with one attached hydrogen (secondary N) is 1. The molecule has 98 valence electrons. The molecule has 2 nitrogen and oxygen atoms in total. The first-order valence-corrected chi connectivity index (χ1v) is 7.04. The molecule has 1 rings (SSSR count). The van der Waals surface area contributed by atoms with E-state index in [4.69, 9.17) is 0 Å². The van der Waals surface area contributed by atoms with Crippen molar-refractivity contribution >= 4 is 0 Å². The predicted molar refractivity (Wildman–Crippen MR) is 75.2 cm³/mol. The molecule has 0 saturated heterocycles. The van der Waals surface area contributed by atoms with Gasteiger partial charge < -0.3 is 9.88 Å². The fourth-order valence-electron chi connectivity index (χ4n) is 2.21. The first-order chi connectivity index (χ1) is 8.21. The standard InChI is InChI=1S/C15H28N2/c1-5-7-8-14(6-2)11-17-10-9-15(12-17)13(3)16-4/h9-10,12-14,16H,5-8,11H2,1-4H3. The average Bonchev–Trinajstić information content (AvgIpc) is 2.81. The average molecular weight is 236 g/mol. The Kier molecular flexibility index (Phi) is 6.35. The zero-order valence-electron chi connectivity index (χ0n) is 11.9. The highest BCUT2D eigenvalue weighted by molar-refractivity contribution is 5.14. The normalized spacial score (nSPS) is 14.8. The van der Waals surface area contributed by atoms with E-state index in [0.717, 1.165) is 5.92 Å². The summed E-state index contributed by atoms with van der Waals surface area (Å²) in [7, 11) is 2.01. The second kappa shape index (κ2) is 7.54. The van der Waals surface area contributed by atoms with Crippen LogP contribution in [0, 0.1) is 5.92 Å². The molecule has 0 spiro atoms. The van der Waals surface area contributed by atoms with E-state index >= 15 is 0 Å². The third-order valence-corrected chi connectivity index (χ3v) is 3.72. The topological polar surface area (TPSA) is 17.0 Å². The number of hydrogen-bond acceptors (Lipinski definition) is 1. The lowest BCUT2D eigenvalue weighted by molar-refractivity contribution is 0.391. The van der Waals surface area contributed by atoms with Crippen LogP contribution in [0.25, 0.3) is 0 Å². The molecule has 0 fully saturated rings. The Morgan fingerprint density at radius 2 is 2.12 bits per heavy atom. The van der Waals surface area contributed by atoms with Crippen molar-refractivity contribution in [1.29, 1.82) is 0 Å². The van der Waals surface area contributed by atoms with Crippen molar-refractivity contribution in [2.75, 3.05) is 7.05 Å². The van der Waals surface area contributed by atoms with E-state index in [1.807, 2.05) is 7.05 Å². The molecule has 1 aromatic heterocycles. The van der Waals surface area contributed by atoms with Crippen LogP contribution in [0.2, 0.25) is 0 Å². The lowest BCUT2D eigenvalue weighted by atomic mass is 9.99. The van der Waals surface area contributed by atoms with Gasteiger partial charge in [0.2, 0.25) is 0 Å². The van der Waals surface area contributed by atoms with Crippen LogP contribution in [0.15, 0.2) is 18.5 Å². The Morgan fingerprint density at radius 1 is 1.35 bits per heavy atom. The maximum atomic E-state index is 3.28. The van der Waals surface area contributed by atoms with Crippen LogP contribution in [0.4, 0.5) is 0 Å². The molecule has 0 aliphatic heterocycles. The van der Waals surface area contributed by atoms with Crippen LogP contribution >= 0.6 is 0 Å². The van der Waals surface area contributed by atoms with Crippen molar-refractivity contribution in [1.82, 2.24) is 9.88 Å². The van der Waals surface area contributed by atoms with E-state index in [1.54, 1.807) is 0 Å². The van der Waals surface area contributed by atoms with Gasteiger partial charge in [0.25, 0.3) is 0 Å². The van der Waals surface area contributed by atoms with Crippen molar-refractivity contribution in [3.63, 3.8) is 0 Å². The Balaban J connectivity index is 2.52. The van der Waals surface area contributed by atoms with E-state index < -0.39 is 0 Å². The lowest BCUT2D eigenvalue weighted by Gasteiger charge is -2.15. The number of unbranched alkanes of at least 4 members (excludes halogenated alkanes) is 1. The van der Waals surface area contributed by atoms with Crippen LogP contribution in [0.1, 0.15) is 58.1 Å². The van der Waals surface area contributed by atoms with E-state index in [0.29, 0.717) is 6.04 Å². The van der Waals surface area contributed by atoms with E-state index in [1.165, 1.54) is 37.8 Å². The van der Waals surface area contributed by atoms with Crippen molar-refractivity contribution < 1.29 is 0 Å². The van der Waals surface area contributed by atoms with Crippen molar-refractivity contribution in [3.8, 4) is 0 Å². The largest absolute Gasteiger partial charge is 0.354 e. The third-order valence-electron chi connectivity index (χ3n) is 3.72. The minimum absolute atomic E-state index is 0.451. The van der Waals surface area contributed by atoms with Gasteiger partial charge in [0.15, 0.2) is 0 Å². The molecule has 0 bridgehead atoms. The van der Waals surface area contributed by atoms with E-state index in [-0.39, 0.29) is 0 Å². The Bertz CT molecular complexity index is 304. The molecule has 0 aromatic carbocycles. The quantitative estimate of drug-likeness (QED) is 0.722. The highest BCUT2D eigenvalue weighted by atomic mass is 15.0. The van der Waals surface area contributed by atoms with Crippen LogP contribution in [-0.2, 0) is 6.54 Å². The van der Waals surface area contributed by atoms with Gasteiger partial charge in [-0.1, -0.05) is 33.1 Å². The minimum Gasteiger partial charge on any atom is -0.354 e. The Hall–Kier alpha value is -0.760. The van der Waals surface area contributed by atoms with E-state index in [2.05, 4.69) is 49.1 Å². The maximum absolute atomic E-state index is 3.28. The highest BCUT2D eigenvalue weighted by Crippen LogP contribution is 2.18. The molecule has 0 saturated carbocycles. The smallest absolute Gasteiger partial charge is 0.0304 e. The van der Waals surface area contributed by atoms with Gasteiger partial charge in [-0.2, -0.15) is 0 Å². The third kappa shape index (κ3) is 4.55. The molecular weight excluding hydrogens is 208 g/mol. The van der Waals surface area contributed by atoms with Gasteiger partial charge in [-0.3, -0.25) is 0 Å². The molecule has 2 unspecified atom stereocenters. The lowest BCUT2D eigenvalue weighted by Crippen LogP contribution is -2.12. The van der Waals surface area contributed by atoms with Gasteiger partial charge >= 0.3 is 0 Å². The van der Waals surface area contributed by atoms with Crippen molar-refractivity contribution in [2.24, 2.45) is 5.92 Å². The summed E-state index contributed by atoms with van der Waals surface area (Å²) in [4.78, 5) is 0. The number of hydrogen-bond donors (Lipinski definition) is 1. The van der Waals surface area contributed by atoms with Crippen molar-refractivity contribution in [3.05, 3.63) is 24.0 Å². The molecule has 1 N–H and O–H groups in total. The summed E-state index contributed by atoms with van der Waals surface area (Å²) in [5, 5.41) is 3.28. The molecule has 17 heavy (non-hydrogen) atoms. The van der Waals surface area contributed by atoms with Crippen LogP contribution in [0.3, 0.4) is 0 Å². The number of nitrogens with zero attached hydrogens (tertiary/aromatic N) is 1. The summed E-state index contributed by atoms with van der Waals surface area (Å²) in [6, 6.07) is 2.68. The van der Waals surface area contributed by atoms with Gasteiger partial charge in [0.05, 0.1) is 0 Å². The number of rotatable bonds is 8. The number of aromatic nitrogens is 1. The van der Waals surface area contributed by atoms with Gasteiger partial charge in [0.1, 0.15) is 0 Å². The SMILES string of the molecule is CCCCC(CC)Cn1ccc(C(C)NC)c1. The monoisotopic (exact) mass is 236 g/mol. The molecule has 0 aliphatic rings. The van der Waals surface area contributed by atoms with Gasteiger partial charge in [-0.05, 0) is 37.9 Å². The predicted octanol–water partition coefficient (Wildman–Crippen LogP) is 3.98. The fourth-order valence-corrected chi connectivity index (χ4v) is 2.21. The summed E-state index contributed by atoms with van der Waals surface area (Å²) < 4.78 is 2.35. The molecule has 2 atom stereocenters. The maximum Gasteiger partial charge on any atom is 0.0304 e. The summed E-state index contributed by atoms with van der Waals surface area (Å²) in [5.74, 6) is 0.833. The molecule has 0 radical (unpaired) electrons. The Labute approximate surface area is 106 Å². The van der Waals surface area contributed by atoms with Crippen LogP contribution in [-0.4, -0.2) is 11.6 Å². The summed E-state index contributed by atoms with van der Waals surface area (Å²) >= 11 is 0. The molecule has 2 heteroatoms. The molecular formula is C15H28N2. The zero-order chi connectivity index (χ0) is 12.7. The summed E-state index contributed by atoms with van der Waals surface area (Å²) in [6.07, 6.45) is 9.83. The van der Waals surface area contributed by atoms with Gasteiger partial charge in [-0.25, -0.2) is 0 Å². The van der Waals surface area contributed by atoms with E-state index in [9.17, 15) is 0 Å². The highest BCUT2D eigenvalue weighted by Gasteiger charge is 2.08. The van der Waals surface area contributed by atoms with Crippen LogP contribution in [0.5, 0.6) is 0 Å². The van der Waals surface area contributed by atoms with Crippen molar-refractivity contribution in [2.45, 2.75) is 59.0 Å². The molecule has 1 heterocycles. The first kappa shape index (κ1) is 14.3. The first-order valence-electron chi connectivity index (χ1n) is 7.04.